The number of allylic oxidation sites excluding steroid dienone is 1. The molecule has 4 aliphatic carbocycles. The molecule has 0 spiro atoms. The van der Waals surface area contributed by atoms with Crippen molar-refractivity contribution in [2.75, 3.05) is 0 Å². The highest BCUT2D eigenvalue weighted by Gasteiger charge is 2.59. The first kappa shape index (κ1) is 16.1. The molecule has 0 amide bonds. The molecule has 0 heterocycles. The van der Waals surface area contributed by atoms with Crippen molar-refractivity contribution in [2.24, 2.45) is 34.5 Å². The van der Waals surface area contributed by atoms with Crippen LogP contribution in [-0.2, 0) is 0 Å². The zero-order chi connectivity index (χ0) is 16.4. The Labute approximate surface area is 141 Å². The molecule has 4 aliphatic rings. The molecule has 0 aliphatic heterocycles. The second kappa shape index (κ2) is 5.33. The van der Waals surface area contributed by atoms with E-state index in [4.69, 9.17) is 0 Å². The van der Waals surface area contributed by atoms with Crippen LogP contribution in [0.5, 0.6) is 0 Å². The summed E-state index contributed by atoms with van der Waals surface area (Å²) in [6, 6.07) is 0. The first-order valence-electron chi connectivity index (χ1n) is 9.92. The molecule has 4 rings (SSSR count). The molecule has 0 aromatic heterocycles. The van der Waals surface area contributed by atoms with Crippen molar-refractivity contribution in [3.63, 3.8) is 0 Å². The molecule has 0 aromatic rings. The SMILES string of the molecule is C[C@@H](O)C1CCC2C3CC=C4C[C@@H](O)CC[C@]4(C)C3CC[C@@]21C. The van der Waals surface area contributed by atoms with Crippen LogP contribution in [0.3, 0.4) is 0 Å². The molecule has 2 N–H and O–H groups in total. The lowest BCUT2D eigenvalue weighted by molar-refractivity contribution is -0.0675. The summed E-state index contributed by atoms with van der Waals surface area (Å²) in [4.78, 5) is 0. The summed E-state index contributed by atoms with van der Waals surface area (Å²) in [7, 11) is 0. The van der Waals surface area contributed by atoms with Gasteiger partial charge >= 0.3 is 0 Å². The van der Waals surface area contributed by atoms with Gasteiger partial charge in [0.2, 0.25) is 0 Å². The van der Waals surface area contributed by atoms with Crippen LogP contribution >= 0.6 is 0 Å². The Morgan fingerprint density at radius 1 is 1.09 bits per heavy atom. The average molecular weight is 319 g/mol. The van der Waals surface area contributed by atoms with E-state index < -0.39 is 0 Å². The van der Waals surface area contributed by atoms with Gasteiger partial charge in [-0.25, -0.2) is 0 Å². The van der Waals surface area contributed by atoms with Gasteiger partial charge in [0.1, 0.15) is 0 Å². The zero-order valence-electron chi connectivity index (χ0n) is 15.1. The topological polar surface area (TPSA) is 40.5 Å². The molecule has 0 radical (unpaired) electrons. The van der Waals surface area contributed by atoms with Crippen LogP contribution < -0.4 is 0 Å². The fraction of sp³-hybridized carbons (Fsp3) is 0.905. The minimum Gasteiger partial charge on any atom is -0.393 e. The Hall–Kier alpha value is -0.340. The predicted octanol–water partition coefficient (Wildman–Crippen LogP) is 4.31. The number of aliphatic hydroxyl groups excluding tert-OH is 2. The van der Waals surface area contributed by atoms with Crippen LogP contribution in [0.15, 0.2) is 11.6 Å². The smallest absolute Gasteiger partial charge is 0.0577 e. The minimum absolute atomic E-state index is 0.106. The van der Waals surface area contributed by atoms with E-state index in [2.05, 4.69) is 19.9 Å². The van der Waals surface area contributed by atoms with E-state index in [9.17, 15) is 10.2 Å². The first-order chi connectivity index (χ1) is 10.9. The summed E-state index contributed by atoms with van der Waals surface area (Å²) in [5.74, 6) is 2.91. The van der Waals surface area contributed by atoms with Crippen molar-refractivity contribution in [1.29, 1.82) is 0 Å². The van der Waals surface area contributed by atoms with Crippen LogP contribution in [0, 0.1) is 34.5 Å². The monoisotopic (exact) mass is 318 g/mol. The molecule has 2 nitrogen and oxygen atoms in total. The lowest BCUT2D eigenvalue weighted by atomic mass is 9.47. The van der Waals surface area contributed by atoms with Crippen LogP contribution in [0.2, 0.25) is 0 Å². The van der Waals surface area contributed by atoms with Gasteiger partial charge in [-0.15, -0.1) is 0 Å². The van der Waals surface area contributed by atoms with Gasteiger partial charge in [-0.05, 0) is 92.8 Å². The number of hydrogen-bond donors (Lipinski definition) is 2. The second-order valence-corrected chi connectivity index (χ2v) is 9.62. The Morgan fingerprint density at radius 2 is 1.87 bits per heavy atom. The molecule has 23 heavy (non-hydrogen) atoms. The van der Waals surface area contributed by atoms with Gasteiger partial charge in [0, 0.05) is 0 Å². The van der Waals surface area contributed by atoms with Gasteiger partial charge in [-0.1, -0.05) is 25.5 Å². The third-order valence-corrected chi connectivity index (χ3v) is 8.73. The van der Waals surface area contributed by atoms with Crippen molar-refractivity contribution in [1.82, 2.24) is 0 Å². The van der Waals surface area contributed by atoms with E-state index >= 15 is 0 Å². The maximum atomic E-state index is 10.3. The van der Waals surface area contributed by atoms with Gasteiger partial charge in [-0.3, -0.25) is 0 Å². The van der Waals surface area contributed by atoms with E-state index in [1.54, 1.807) is 5.57 Å². The van der Waals surface area contributed by atoms with Crippen molar-refractivity contribution in [2.45, 2.75) is 84.3 Å². The normalized spacial score (nSPS) is 53.8. The van der Waals surface area contributed by atoms with E-state index in [1.807, 2.05) is 6.92 Å². The molecule has 3 saturated carbocycles. The molecule has 0 saturated heterocycles. The van der Waals surface area contributed by atoms with Crippen molar-refractivity contribution >= 4 is 0 Å². The highest BCUT2D eigenvalue weighted by molar-refractivity contribution is 5.25. The van der Waals surface area contributed by atoms with Crippen molar-refractivity contribution in [3.05, 3.63) is 11.6 Å². The van der Waals surface area contributed by atoms with Crippen LogP contribution in [-0.4, -0.2) is 22.4 Å². The summed E-state index contributed by atoms with van der Waals surface area (Å²) < 4.78 is 0. The quantitative estimate of drug-likeness (QED) is 0.707. The molecule has 4 unspecified atom stereocenters. The van der Waals surface area contributed by atoms with Gasteiger partial charge in [-0.2, -0.15) is 0 Å². The molecule has 3 fully saturated rings. The fourth-order valence-corrected chi connectivity index (χ4v) is 7.47. The Balaban J connectivity index is 1.65. The van der Waals surface area contributed by atoms with Crippen LogP contribution in [0.4, 0.5) is 0 Å². The highest BCUT2D eigenvalue weighted by atomic mass is 16.3. The maximum absolute atomic E-state index is 10.3. The average Bonchev–Trinajstić information content (AvgIpc) is 2.85. The Kier molecular flexibility index (Phi) is 3.74. The lowest BCUT2D eigenvalue weighted by Crippen LogP contribution is -2.51. The Bertz CT molecular complexity index is 510. The number of fused-ring (bicyclic) bond motifs is 5. The van der Waals surface area contributed by atoms with E-state index in [0.29, 0.717) is 16.7 Å². The van der Waals surface area contributed by atoms with Gasteiger partial charge < -0.3 is 10.2 Å². The van der Waals surface area contributed by atoms with E-state index in [1.165, 1.54) is 38.5 Å². The summed E-state index contributed by atoms with van der Waals surface area (Å²) in [5.41, 5.74) is 2.25. The Morgan fingerprint density at radius 3 is 2.61 bits per heavy atom. The molecule has 8 atom stereocenters. The largest absolute Gasteiger partial charge is 0.393 e. The number of aliphatic hydroxyl groups is 2. The number of hydrogen-bond acceptors (Lipinski definition) is 2. The van der Waals surface area contributed by atoms with Crippen LogP contribution in [0.25, 0.3) is 0 Å². The van der Waals surface area contributed by atoms with E-state index in [0.717, 1.165) is 30.6 Å². The maximum Gasteiger partial charge on any atom is 0.0577 e. The first-order valence-corrected chi connectivity index (χ1v) is 9.92. The van der Waals surface area contributed by atoms with Crippen molar-refractivity contribution in [3.8, 4) is 0 Å². The third-order valence-electron chi connectivity index (χ3n) is 8.73. The molecule has 2 heteroatoms. The van der Waals surface area contributed by atoms with Gasteiger partial charge in [0.15, 0.2) is 0 Å². The summed E-state index contributed by atoms with van der Waals surface area (Å²) in [6.45, 7) is 6.98. The summed E-state index contributed by atoms with van der Waals surface area (Å²) >= 11 is 0. The van der Waals surface area contributed by atoms with Crippen LogP contribution in [0.1, 0.15) is 72.1 Å². The van der Waals surface area contributed by atoms with E-state index in [-0.39, 0.29) is 12.2 Å². The predicted molar refractivity (Wildman–Crippen MR) is 92.9 cm³/mol. The summed E-state index contributed by atoms with van der Waals surface area (Å²) in [6.07, 6.45) is 11.7. The highest BCUT2D eigenvalue weighted by Crippen LogP contribution is 2.66. The fourth-order valence-electron chi connectivity index (χ4n) is 7.47. The molecular weight excluding hydrogens is 284 g/mol. The van der Waals surface area contributed by atoms with Gasteiger partial charge in [0.25, 0.3) is 0 Å². The molecular formula is C21H34O2. The standard InChI is InChI=1S/C21H34O2/c1-13(22)17-6-7-18-16-5-4-14-12-15(23)8-10-20(14,2)19(16)9-11-21(17,18)3/h4,13,15-19,22-23H,5-12H2,1-3H3/t13-,15+,16?,17?,18?,19?,20+,21-/m1/s1. The molecule has 0 bridgehead atoms. The summed E-state index contributed by atoms with van der Waals surface area (Å²) in [5, 5.41) is 20.4. The van der Waals surface area contributed by atoms with Gasteiger partial charge in [0.05, 0.1) is 12.2 Å². The lowest BCUT2D eigenvalue weighted by Gasteiger charge is -2.58. The zero-order valence-corrected chi connectivity index (χ0v) is 15.1. The second-order valence-electron chi connectivity index (χ2n) is 9.62. The third kappa shape index (κ3) is 2.20. The van der Waals surface area contributed by atoms with Crippen molar-refractivity contribution < 1.29 is 10.2 Å². The molecule has 0 aromatic carbocycles. The molecule has 130 valence electrons. The number of rotatable bonds is 1. The minimum atomic E-state index is -0.156.